The third kappa shape index (κ3) is 1.99. The first-order chi connectivity index (χ1) is 5.75. The minimum absolute atomic E-state index is 0.600. The summed E-state index contributed by atoms with van der Waals surface area (Å²) in [6, 6.07) is 1.92. The lowest BCUT2D eigenvalue weighted by atomic mass is 10.4. The third-order valence-corrected chi connectivity index (χ3v) is 2.10. The van der Waals surface area contributed by atoms with Crippen LogP contribution in [-0.4, -0.2) is 18.6 Å². The molecule has 0 unspecified atom stereocenters. The molecular weight excluding hydrogens is 216 g/mol. The molecule has 0 aliphatic rings. The molecule has 1 aromatic heterocycles. The van der Waals surface area contributed by atoms with Crippen molar-refractivity contribution in [2.24, 2.45) is 0 Å². The molecule has 0 fully saturated rings. The van der Waals surface area contributed by atoms with E-state index in [9.17, 15) is 0 Å². The Morgan fingerprint density at radius 1 is 1.75 bits per heavy atom. The van der Waals surface area contributed by atoms with Gasteiger partial charge >= 0.3 is 0 Å². The molecule has 1 heterocycles. The maximum atomic E-state index is 5.19. The van der Waals surface area contributed by atoms with Crippen LogP contribution in [0.1, 0.15) is 0 Å². The normalized spacial score (nSPS) is 9.08. The van der Waals surface area contributed by atoms with Crippen molar-refractivity contribution in [3.05, 3.63) is 22.9 Å². The number of terminal acetylenes is 1. The average molecular weight is 225 g/mol. The van der Waals surface area contributed by atoms with Crippen molar-refractivity contribution in [2.45, 2.75) is 0 Å². The molecule has 1 rings (SSSR count). The summed E-state index contributed by atoms with van der Waals surface area (Å²) in [4.78, 5) is 5.94. The Labute approximate surface area is 80.7 Å². The minimum Gasteiger partial charge on any atom is -0.362 e. The molecule has 2 nitrogen and oxygen atoms in total. The Bertz CT molecular complexity index is 304. The zero-order chi connectivity index (χ0) is 8.97. The van der Waals surface area contributed by atoms with Gasteiger partial charge in [-0.05, 0) is 22.0 Å². The Morgan fingerprint density at radius 2 is 2.50 bits per heavy atom. The fourth-order valence-electron chi connectivity index (χ4n) is 0.900. The second-order valence-corrected chi connectivity index (χ2v) is 3.24. The van der Waals surface area contributed by atoms with Crippen LogP contribution in [-0.2, 0) is 0 Å². The van der Waals surface area contributed by atoms with Gasteiger partial charge in [-0.15, -0.1) is 6.42 Å². The molecular formula is C9H9BrN2. The Morgan fingerprint density at radius 3 is 3.08 bits per heavy atom. The van der Waals surface area contributed by atoms with E-state index in [4.69, 9.17) is 6.42 Å². The van der Waals surface area contributed by atoms with Crippen molar-refractivity contribution in [1.82, 2.24) is 4.98 Å². The molecule has 12 heavy (non-hydrogen) atoms. The molecule has 0 aliphatic carbocycles. The summed E-state index contributed by atoms with van der Waals surface area (Å²) in [7, 11) is 1.94. The van der Waals surface area contributed by atoms with Crippen LogP contribution in [0.25, 0.3) is 0 Å². The summed E-state index contributed by atoms with van der Waals surface area (Å²) in [5.41, 5.74) is 1.06. The van der Waals surface area contributed by atoms with Gasteiger partial charge in [0.15, 0.2) is 0 Å². The minimum atomic E-state index is 0.600. The van der Waals surface area contributed by atoms with Crippen LogP contribution in [0.4, 0.5) is 5.69 Å². The summed E-state index contributed by atoms with van der Waals surface area (Å²) >= 11 is 3.39. The van der Waals surface area contributed by atoms with Gasteiger partial charge in [0.2, 0.25) is 0 Å². The number of halogens is 1. The van der Waals surface area contributed by atoms with Gasteiger partial charge in [-0.3, -0.25) is 4.98 Å². The maximum Gasteiger partial charge on any atom is 0.0788 e. The largest absolute Gasteiger partial charge is 0.362 e. The smallest absolute Gasteiger partial charge is 0.0788 e. The van der Waals surface area contributed by atoms with E-state index in [1.54, 1.807) is 12.4 Å². The van der Waals surface area contributed by atoms with E-state index in [1.807, 2.05) is 18.0 Å². The topological polar surface area (TPSA) is 16.1 Å². The van der Waals surface area contributed by atoms with Gasteiger partial charge in [0.1, 0.15) is 0 Å². The lowest BCUT2D eigenvalue weighted by Crippen LogP contribution is -2.17. The number of hydrogen-bond acceptors (Lipinski definition) is 2. The Kier molecular flexibility index (Phi) is 3.12. The zero-order valence-corrected chi connectivity index (χ0v) is 8.37. The van der Waals surface area contributed by atoms with Crippen molar-refractivity contribution in [3.8, 4) is 12.3 Å². The Hall–Kier alpha value is -1.01. The molecule has 0 aromatic carbocycles. The molecule has 62 valence electrons. The molecule has 0 saturated carbocycles. The number of aromatic nitrogens is 1. The van der Waals surface area contributed by atoms with E-state index >= 15 is 0 Å². The monoisotopic (exact) mass is 224 g/mol. The van der Waals surface area contributed by atoms with E-state index in [0.717, 1.165) is 10.2 Å². The van der Waals surface area contributed by atoms with Gasteiger partial charge in [-0.2, -0.15) is 0 Å². The lowest BCUT2D eigenvalue weighted by molar-refractivity contribution is 1.04. The van der Waals surface area contributed by atoms with Crippen molar-refractivity contribution in [2.75, 3.05) is 18.5 Å². The van der Waals surface area contributed by atoms with Crippen LogP contribution in [0.3, 0.4) is 0 Å². The predicted octanol–water partition coefficient (Wildman–Crippen LogP) is 1.91. The van der Waals surface area contributed by atoms with Gasteiger partial charge in [0.25, 0.3) is 0 Å². The maximum absolute atomic E-state index is 5.19. The highest BCUT2D eigenvalue weighted by Gasteiger charge is 2.02. The molecule has 0 atom stereocenters. The number of hydrogen-bond donors (Lipinski definition) is 0. The summed E-state index contributed by atoms with van der Waals surface area (Å²) in [5.74, 6) is 2.58. The van der Waals surface area contributed by atoms with Crippen LogP contribution in [0, 0.1) is 12.3 Å². The van der Waals surface area contributed by atoms with Gasteiger partial charge in [-0.25, -0.2) is 0 Å². The van der Waals surface area contributed by atoms with Crippen LogP contribution >= 0.6 is 15.9 Å². The highest BCUT2D eigenvalue weighted by molar-refractivity contribution is 9.10. The number of rotatable bonds is 2. The van der Waals surface area contributed by atoms with Gasteiger partial charge in [-0.1, -0.05) is 5.92 Å². The summed E-state index contributed by atoms with van der Waals surface area (Å²) < 4.78 is 0.961. The number of anilines is 1. The SMILES string of the molecule is C#CCN(C)c1ccncc1Br. The molecule has 0 bridgehead atoms. The van der Waals surface area contributed by atoms with Gasteiger partial charge in [0, 0.05) is 19.4 Å². The first-order valence-corrected chi connectivity index (χ1v) is 4.29. The molecule has 0 N–H and O–H groups in total. The first kappa shape index (κ1) is 9.08. The molecule has 0 radical (unpaired) electrons. The van der Waals surface area contributed by atoms with E-state index in [-0.39, 0.29) is 0 Å². The number of nitrogens with zero attached hydrogens (tertiary/aromatic N) is 2. The summed E-state index contributed by atoms with van der Waals surface area (Å²) in [6.45, 7) is 0.600. The molecule has 0 aliphatic heterocycles. The predicted molar refractivity (Wildman–Crippen MR) is 54.0 cm³/mol. The van der Waals surface area contributed by atoms with Gasteiger partial charge in [0.05, 0.1) is 16.7 Å². The van der Waals surface area contributed by atoms with E-state index in [1.165, 1.54) is 0 Å². The zero-order valence-electron chi connectivity index (χ0n) is 6.79. The quantitative estimate of drug-likeness (QED) is 0.714. The lowest BCUT2D eigenvalue weighted by Gasteiger charge is -2.16. The average Bonchev–Trinajstić information content (AvgIpc) is 2.05. The fourth-order valence-corrected chi connectivity index (χ4v) is 1.45. The van der Waals surface area contributed by atoms with Crippen LogP contribution < -0.4 is 4.90 Å². The van der Waals surface area contributed by atoms with Crippen molar-refractivity contribution >= 4 is 21.6 Å². The molecule has 0 saturated heterocycles. The highest BCUT2D eigenvalue weighted by atomic mass is 79.9. The summed E-state index contributed by atoms with van der Waals surface area (Å²) in [5, 5.41) is 0. The van der Waals surface area contributed by atoms with E-state index in [0.29, 0.717) is 6.54 Å². The molecule has 1 aromatic rings. The highest BCUT2D eigenvalue weighted by Crippen LogP contribution is 2.22. The van der Waals surface area contributed by atoms with Crippen LogP contribution in [0.5, 0.6) is 0 Å². The van der Waals surface area contributed by atoms with Crippen molar-refractivity contribution < 1.29 is 0 Å². The first-order valence-electron chi connectivity index (χ1n) is 3.50. The Balaban J connectivity index is 2.88. The number of pyridine rings is 1. The van der Waals surface area contributed by atoms with Crippen molar-refractivity contribution in [1.29, 1.82) is 0 Å². The fraction of sp³-hybridized carbons (Fsp3) is 0.222. The standard InChI is InChI=1S/C9H9BrN2/c1-3-6-12(2)9-4-5-11-7-8(9)10/h1,4-5,7H,6H2,2H3. The molecule has 0 spiro atoms. The molecule has 3 heteroatoms. The molecule has 0 amide bonds. The van der Waals surface area contributed by atoms with E-state index < -0.39 is 0 Å². The second-order valence-electron chi connectivity index (χ2n) is 2.39. The van der Waals surface area contributed by atoms with Crippen LogP contribution in [0.15, 0.2) is 22.9 Å². The second kappa shape index (κ2) is 4.13. The summed E-state index contributed by atoms with van der Waals surface area (Å²) in [6.07, 6.45) is 8.69. The van der Waals surface area contributed by atoms with Gasteiger partial charge < -0.3 is 4.90 Å². The van der Waals surface area contributed by atoms with Crippen molar-refractivity contribution in [3.63, 3.8) is 0 Å². The van der Waals surface area contributed by atoms with Crippen LogP contribution in [0.2, 0.25) is 0 Å². The van der Waals surface area contributed by atoms with E-state index in [2.05, 4.69) is 26.8 Å². The third-order valence-electron chi connectivity index (χ3n) is 1.49.